The molecule has 2 unspecified atom stereocenters. The van der Waals surface area contributed by atoms with Gasteiger partial charge in [0, 0.05) is 6.42 Å². The van der Waals surface area contributed by atoms with Crippen molar-refractivity contribution in [1.29, 1.82) is 0 Å². The highest BCUT2D eigenvalue weighted by Gasteiger charge is 2.25. The zero-order valence-electron chi connectivity index (χ0n) is 11.2. The molecule has 1 fully saturated rings. The molecule has 19 heavy (non-hydrogen) atoms. The molecule has 1 aliphatic carbocycles. The summed E-state index contributed by atoms with van der Waals surface area (Å²) in [5, 5.41) is 3.29. The maximum atomic E-state index is 12.0. The number of hydrogen-bond donors (Lipinski definition) is 1. The van der Waals surface area contributed by atoms with Gasteiger partial charge in [-0.25, -0.2) is 0 Å². The number of hydrogen-bond acceptors (Lipinski definition) is 3. The zero-order valence-corrected chi connectivity index (χ0v) is 11.2. The number of carbonyl (C=O) groups is 1. The summed E-state index contributed by atoms with van der Waals surface area (Å²) < 4.78 is 5.71. The number of rotatable bonds is 3. The number of carbonyl (C=O) groups excluding carboxylic acids is 1. The number of esters is 1. The molecule has 3 heteroatoms. The van der Waals surface area contributed by atoms with Crippen LogP contribution in [0.1, 0.15) is 42.9 Å². The normalized spacial score (nSPS) is 25.9. The Bertz CT molecular complexity index is 452. The topological polar surface area (TPSA) is 38.3 Å². The number of benzene rings is 1. The molecule has 0 saturated carbocycles. The maximum absolute atomic E-state index is 12.0. The molecule has 1 aromatic rings. The minimum atomic E-state index is -0.0320. The third-order valence-corrected chi connectivity index (χ3v) is 4.21. The van der Waals surface area contributed by atoms with Gasteiger partial charge in [0.1, 0.15) is 6.10 Å². The number of ether oxygens (including phenoxy) is 1. The minimum Gasteiger partial charge on any atom is -0.457 e. The molecule has 3 nitrogen and oxygen atoms in total. The Labute approximate surface area is 114 Å². The summed E-state index contributed by atoms with van der Waals surface area (Å²) in [5.41, 5.74) is 2.56. The van der Waals surface area contributed by atoms with Gasteiger partial charge < -0.3 is 10.1 Å². The fraction of sp³-hybridized carbons (Fsp3) is 0.562. The van der Waals surface area contributed by atoms with Crippen LogP contribution < -0.4 is 5.32 Å². The van der Waals surface area contributed by atoms with Gasteiger partial charge in [-0.15, -0.1) is 0 Å². The Morgan fingerprint density at radius 2 is 2.21 bits per heavy atom. The van der Waals surface area contributed by atoms with Crippen molar-refractivity contribution in [3.05, 3.63) is 35.4 Å². The van der Waals surface area contributed by atoms with E-state index in [1.165, 1.54) is 11.1 Å². The van der Waals surface area contributed by atoms with Gasteiger partial charge in [-0.1, -0.05) is 24.3 Å². The molecular formula is C16H21NO2. The van der Waals surface area contributed by atoms with E-state index >= 15 is 0 Å². The van der Waals surface area contributed by atoms with Crippen molar-refractivity contribution in [2.45, 2.75) is 38.2 Å². The Balaban J connectivity index is 1.62. The molecule has 0 radical (unpaired) electrons. The van der Waals surface area contributed by atoms with Crippen molar-refractivity contribution in [3.63, 3.8) is 0 Å². The van der Waals surface area contributed by atoms with Crippen LogP contribution in [0.2, 0.25) is 0 Å². The first-order valence-corrected chi connectivity index (χ1v) is 7.31. The van der Waals surface area contributed by atoms with E-state index in [1.807, 2.05) is 6.07 Å². The maximum Gasteiger partial charge on any atom is 0.306 e. The van der Waals surface area contributed by atoms with Gasteiger partial charge in [-0.3, -0.25) is 4.79 Å². The second-order valence-electron chi connectivity index (χ2n) is 5.63. The van der Waals surface area contributed by atoms with E-state index in [0.29, 0.717) is 12.3 Å². The van der Waals surface area contributed by atoms with Gasteiger partial charge in [0.2, 0.25) is 0 Å². The smallest absolute Gasteiger partial charge is 0.306 e. The third kappa shape index (κ3) is 2.98. The molecule has 1 heterocycles. The van der Waals surface area contributed by atoms with Crippen LogP contribution in [-0.4, -0.2) is 19.1 Å². The minimum absolute atomic E-state index is 0.0215. The Hall–Kier alpha value is -1.35. The summed E-state index contributed by atoms with van der Waals surface area (Å²) in [4.78, 5) is 12.0. The highest BCUT2D eigenvalue weighted by atomic mass is 16.5. The summed E-state index contributed by atoms with van der Waals surface area (Å²) in [6.45, 7) is 1.99. The van der Waals surface area contributed by atoms with Crippen LogP contribution in [0.4, 0.5) is 0 Å². The standard InChI is InChI=1S/C16H21NO2/c18-16(10-12-8-9-17-11-12)19-15-7-3-5-13-4-1-2-6-14(13)15/h1-2,4,6,12,15,17H,3,5,7-11H2. The Morgan fingerprint density at radius 3 is 3.05 bits per heavy atom. The lowest BCUT2D eigenvalue weighted by Crippen LogP contribution is -2.19. The first-order valence-electron chi connectivity index (χ1n) is 7.31. The third-order valence-electron chi connectivity index (χ3n) is 4.21. The van der Waals surface area contributed by atoms with Gasteiger partial charge in [0.15, 0.2) is 0 Å². The molecule has 1 aliphatic heterocycles. The first-order chi connectivity index (χ1) is 9.33. The average molecular weight is 259 g/mol. The van der Waals surface area contributed by atoms with E-state index in [-0.39, 0.29) is 12.1 Å². The quantitative estimate of drug-likeness (QED) is 0.848. The molecule has 102 valence electrons. The van der Waals surface area contributed by atoms with E-state index < -0.39 is 0 Å². The Morgan fingerprint density at radius 1 is 1.32 bits per heavy atom. The fourth-order valence-corrected chi connectivity index (χ4v) is 3.16. The molecule has 1 N–H and O–H groups in total. The lowest BCUT2D eigenvalue weighted by atomic mass is 9.89. The molecule has 0 bridgehead atoms. The van der Waals surface area contributed by atoms with Gasteiger partial charge in [-0.2, -0.15) is 0 Å². The van der Waals surface area contributed by atoms with Crippen LogP contribution in [0.25, 0.3) is 0 Å². The highest BCUT2D eigenvalue weighted by molar-refractivity contribution is 5.70. The SMILES string of the molecule is O=C(CC1CCNC1)OC1CCCc2ccccc21. The summed E-state index contributed by atoms with van der Waals surface area (Å²) in [7, 11) is 0. The molecule has 2 aliphatic rings. The van der Waals surface area contributed by atoms with Crippen molar-refractivity contribution in [1.82, 2.24) is 5.32 Å². The van der Waals surface area contributed by atoms with Crippen molar-refractivity contribution < 1.29 is 9.53 Å². The molecular weight excluding hydrogens is 238 g/mol. The van der Waals surface area contributed by atoms with Crippen LogP contribution in [0.5, 0.6) is 0 Å². The van der Waals surface area contributed by atoms with Gasteiger partial charge in [0.05, 0.1) is 0 Å². The Kier molecular flexibility index (Phi) is 3.83. The van der Waals surface area contributed by atoms with Crippen molar-refractivity contribution in [2.75, 3.05) is 13.1 Å². The van der Waals surface area contributed by atoms with Crippen molar-refractivity contribution >= 4 is 5.97 Å². The molecule has 0 aromatic heterocycles. The second kappa shape index (κ2) is 5.74. The molecule has 1 aromatic carbocycles. The van der Waals surface area contributed by atoms with Crippen LogP contribution in [0.3, 0.4) is 0 Å². The van der Waals surface area contributed by atoms with Crippen LogP contribution in [-0.2, 0) is 16.0 Å². The summed E-state index contributed by atoms with van der Waals surface area (Å²) in [5.74, 6) is 0.432. The molecule has 3 rings (SSSR count). The highest BCUT2D eigenvalue weighted by Crippen LogP contribution is 2.32. The van der Waals surface area contributed by atoms with E-state index in [1.54, 1.807) is 0 Å². The van der Waals surface area contributed by atoms with E-state index in [0.717, 1.165) is 38.8 Å². The fourth-order valence-electron chi connectivity index (χ4n) is 3.16. The van der Waals surface area contributed by atoms with Crippen LogP contribution in [0, 0.1) is 5.92 Å². The summed E-state index contributed by atoms with van der Waals surface area (Å²) >= 11 is 0. The molecule has 0 amide bonds. The van der Waals surface area contributed by atoms with Crippen LogP contribution >= 0.6 is 0 Å². The average Bonchev–Trinajstić information content (AvgIpc) is 2.92. The second-order valence-corrected chi connectivity index (χ2v) is 5.63. The largest absolute Gasteiger partial charge is 0.457 e. The molecule has 0 spiro atoms. The number of nitrogens with one attached hydrogen (secondary N) is 1. The number of fused-ring (bicyclic) bond motifs is 1. The monoisotopic (exact) mass is 259 g/mol. The van der Waals surface area contributed by atoms with Gasteiger partial charge in [0.25, 0.3) is 0 Å². The van der Waals surface area contributed by atoms with Gasteiger partial charge >= 0.3 is 5.97 Å². The lowest BCUT2D eigenvalue weighted by molar-refractivity contribution is -0.151. The van der Waals surface area contributed by atoms with Gasteiger partial charge in [-0.05, 0) is 55.8 Å². The number of aryl methyl sites for hydroxylation is 1. The summed E-state index contributed by atoms with van der Waals surface area (Å²) in [6.07, 6.45) is 4.82. The lowest BCUT2D eigenvalue weighted by Gasteiger charge is -2.25. The van der Waals surface area contributed by atoms with Crippen LogP contribution in [0.15, 0.2) is 24.3 Å². The molecule has 1 saturated heterocycles. The first kappa shape index (κ1) is 12.7. The molecule has 2 atom stereocenters. The van der Waals surface area contributed by atoms with E-state index in [4.69, 9.17) is 4.74 Å². The van der Waals surface area contributed by atoms with Crippen molar-refractivity contribution in [3.8, 4) is 0 Å². The van der Waals surface area contributed by atoms with Crippen molar-refractivity contribution in [2.24, 2.45) is 5.92 Å². The zero-order chi connectivity index (χ0) is 13.1. The summed E-state index contributed by atoms with van der Waals surface area (Å²) in [6, 6.07) is 8.35. The predicted molar refractivity (Wildman–Crippen MR) is 73.8 cm³/mol. The van der Waals surface area contributed by atoms with E-state index in [2.05, 4.69) is 23.5 Å². The predicted octanol–water partition coefficient (Wildman–Crippen LogP) is 2.61. The van der Waals surface area contributed by atoms with E-state index in [9.17, 15) is 4.79 Å².